The molecule has 0 radical (unpaired) electrons. The fourth-order valence-corrected chi connectivity index (χ4v) is 2.15. The Bertz CT molecular complexity index is 574. The highest BCUT2D eigenvalue weighted by molar-refractivity contribution is 6.63. The number of hydrogen-bond acceptors (Lipinski definition) is 4. The van der Waals surface area contributed by atoms with Gasteiger partial charge in [-0.2, -0.15) is 5.26 Å². The summed E-state index contributed by atoms with van der Waals surface area (Å²) < 4.78 is 18.1. The smallest absolute Gasteiger partial charge is 0.494 e. The van der Waals surface area contributed by atoms with Crippen molar-refractivity contribution in [3.8, 4) is 11.8 Å². The largest absolute Gasteiger partial charge is 0.498 e. The van der Waals surface area contributed by atoms with Crippen LogP contribution in [0.25, 0.3) is 0 Å². The van der Waals surface area contributed by atoms with E-state index in [0.29, 0.717) is 23.8 Å². The molecule has 1 heterocycles. The number of ether oxygens (including phenoxy) is 1. The molecule has 0 aromatic heterocycles. The van der Waals surface area contributed by atoms with Gasteiger partial charge in [-0.25, -0.2) is 0 Å². The zero-order valence-corrected chi connectivity index (χ0v) is 14.3. The van der Waals surface area contributed by atoms with Crippen LogP contribution in [0.5, 0.6) is 5.75 Å². The third-order valence-corrected chi connectivity index (χ3v) is 4.22. The van der Waals surface area contributed by atoms with Crippen molar-refractivity contribution in [2.24, 2.45) is 5.92 Å². The minimum Gasteiger partial charge on any atom is -0.494 e. The second-order valence-corrected chi connectivity index (χ2v) is 7.16. The Labute approximate surface area is 133 Å². The third-order valence-electron chi connectivity index (χ3n) is 4.22. The molecule has 2 rings (SSSR count). The first-order chi connectivity index (χ1) is 10.2. The molecule has 0 amide bonds. The van der Waals surface area contributed by atoms with E-state index >= 15 is 0 Å². The molecule has 0 unspecified atom stereocenters. The van der Waals surface area contributed by atoms with Crippen LogP contribution in [-0.2, 0) is 9.31 Å². The zero-order chi connectivity index (χ0) is 16.5. The van der Waals surface area contributed by atoms with Gasteiger partial charge in [-0.1, -0.05) is 19.9 Å². The average Bonchev–Trinajstić information content (AvgIpc) is 2.64. The first kappa shape index (κ1) is 16.9. The maximum absolute atomic E-state index is 9.09. The van der Waals surface area contributed by atoms with Gasteiger partial charge in [-0.05, 0) is 45.7 Å². The normalized spacial score (nSPS) is 19.3. The molecular formula is C17H24BNO3. The van der Waals surface area contributed by atoms with Crippen LogP contribution in [0.2, 0.25) is 0 Å². The molecule has 1 aliphatic rings. The molecular weight excluding hydrogens is 277 g/mol. The van der Waals surface area contributed by atoms with Gasteiger partial charge in [0.15, 0.2) is 0 Å². The molecule has 5 heteroatoms. The summed E-state index contributed by atoms with van der Waals surface area (Å²) in [6, 6.07) is 7.52. The average molecular weight is 301 g/mol. The van der Waals surface area contributed by atoms with Gasteiger partial charge in [0.05, 0.1) is 29.4 Å². The fraction of sp³-hybridized carbons (Fsp3) is 0.588. The lowest BCUT2D eigenvalue weighted by Gasteiger charge is -2.32. The highest BCUT2D eigenvalue weighted by atomic mass is 16.7. The molecule has 0 N–H and O–H groups in total. The molecule has 0 bridgehead atoms. The molecule has 1 fully saturated rings. The van der Waals surface area contributed by atoms with E-state index < -0.39 is 18.3 Å². The van der Waals surface area contributed by atoms with E-state index in [-0.39, 0.29) is 0 Å². The van der Waals surface area contributed by atoms with Gasteiger partial charge in [0.2, 0.25) is 0 Å². The molecule has 118 valence electrons. The Balaban J connectivity index is 2.33. The standard InChI is InChI=1S/C17H24BNO3/c1-12(2)11-20-15-9-13(10-19)7-8-14(15)18-21-16(3,4)17(5,6)22-18/h7-9,12H,11H2,1-6H3. The summed E-state index contributed by atoms with van der Waals surface area (Å²) in [6.07, 6.45) is 0. The second kappa shape index (κ2) is 5.94. The van der Waals surface area contributed by atoms with Crippen LogP contribution in [0, 0.1) is 17.2 Å². The summed E-state index contributed by atoms with van der Waals surface area (Å²) in [5.74, 6) is 1.06. The third kappa shape index (κ3) is 3.29. The minimum atomic E-state index is -0.486. The van der Waals surface area contributed by atoms with Crippen LogP contribution in [0.4, 0.5) is 0 Å². The molecule has 0 spiro atoms. The Morgan fingerprint density at radius 3 is 2.27 bits per heavy atom. The van der Waals surface area contributed by atoms with Crippen molar-refractivity contribution in [2.45, 2.75) is 52.7 Å². The molecule has 1 aromatic rings. The zero-order valence-electron chi connectivity index (χ0n) is 14.3. The Kier molecular flexibility index (Phi) is 4.55. The van der Waals surface area contributed by atoms with Crippen LogP contribution in [0.3, 0.4) is 0 Å². The maximum atomic E-state index is 9.09. The first-order valence-corrected chi connectivity index (χ1v) is 7.69. The monoisotopic (exact) mass is 301 g/mol. The van der Waals surface area contributed by atoms with E-state index in [1.165, 1.54) is 0 Å². The van der Waals surface area contributed by atoms with Crippen molar-refractivity contribution < 1.29 is 14.0 Å². The summed E-state index contributed by atoms with van der Waals surface area (Å²) >= 11 is 0. The fourth-order valence-electron chi connectivity index (χ4n) is 2.15. The lowest BCUT2D eigenvalue weighted by molar-refractivity contribution is 0.00578. The van der Waals surface area contributed by atoms with Crippen molar-refractivity contribution in [3.63, 3.8) is 0 Å². The minimum absolute atomic E-state index is 0.400. The summed E-state index contributed by atoms with van der Waals surface area (Å²) in [5, 5.41) is 9.09. The predicted octanol–water partition coefficient (Wildman–Crippen LogP) is 2.89. The summed E-state index contributed by atoms with van der Waals surface area (Å²) in [5.41, 5.74) is 0.596. The number of hydrogen-bond donors (Lipinski definition) is 0. The van der Waals surface area contributed by atoms with E-state index in [1.54, 1.807) is 12.1 Å². The molecule has 0 atom stereocenters. The van der Waals surface area contributed by atoms with Crippen molar-refractivity contribution in [3.05, 3.63) is 23.8 Å². The van der Waals surface area contributed by atoms with E-state index in [0.717, 1.165) is 5.46 Å². The molecule has 1 saturated heterocycles. The number of rotatable bonds is 4. The van der Waals surface area contributed by atoms with E-state index in [4.69, 9.17) is 19.3 Å². The highest BCUT2D eigenvalue weighted by Gasteiger charge is 2.52. The van der Waals surface area contributed by atoms with Crippen molar-refractivity contribution in [1.29, 1.82) is 5.26 Å². The van der Waals surface area contributed by atoms with E-state index in [2.05, 4.69) is 19.9 Å². The molecule has 4 nitrogen and oxygen atoms in total. The molecule has 0 aliphatic carbocycles. The van der Waals surface area contributed by atoms with Crippen molar-refractivity contribution in [2.75, 3.05) is 6.61 Å². The Morgan fingerprint density at radius 2 is 1.77 bits per heavy atom. The number of nitrogens with zero attached hydrogens (tertiary/aromatic N) is 1. The topological polar surface area (TPSA) is 51.5 Å². The van der Waals surface area contributed by atoms with Crippen molar-refractivity contribution in [1.82, 2.24) is 0 Å². The lowest BCUT2D eigenvalue weighted by atomic mass is 9.78. The summed E-state index contributed by atoms with van der Waals surface area (Å²) in [4.78, 5) is 0. The SMILES string of the molecule is CC(C)COc1cc(C#N)ccc1B1OC(C)(C)C(C)(C)O1. The van der Waals surface area contributed by atoms with Gasteiger partial charge in [0.1, 0.15) is 5.75 Å². The van der Waals surface area contributed by atoms with Crippen LogP contribution in [-0.4, -0.2) is 24.9 Å². The van der Waals surface area contributed by atoms with Gasteiger partial charge < -0.3 is 14.0 Å². The number of benzene rings is 1. The van der Waals surface area contributed by atoms with Crippen LogP contribution < -0.4 is 10.2 Å². The molecule has 1 aromatic carbocycles. The summed E-state index contributed by atoms with van der Waals surface area (Å²) in [7, 11) is -0.486. The lowest BCUT2D eigenvalue weighted by Crippen LogP contribution is -2.41. The quantitative estimate of drug-likeness (QED) is 0.802. The highest BCUT2D eigenvalue weighted by Crippen LogP contribution is 2.37. The van der Waals surface area contributed by atoms with Crippen LogP contribution in [0.1, 0.15) is 47.1 Å². The van der Waals surface area contributed by atoms with Crippen LogP contribution >= 0.6 is 0 Å². The Hall–Kier alpha value is -1.51. The van der Waals surface area contributed by atoms with E-state index in [9.17, 15) is 0 Å². The first-order valence-electron chi connectivity index (χ1n) is 7.69. The van der Waals surface area contributed by atoms with Gasteiger partial charge >= 0.3 is 7.12 Å². The summed E-state index contributed by atoms with van der Waals surface area (Å²) in [6.45, 7) is 12.8. The van der Waals surface area contributed by atoms with Crippen molar-refractivity contribution >= 4 is 12.6 Å². The Morgan fingerprint density at radius 1 is 1.18 bits per heavy atom. The number of nitriles is 1. The maximum Gasteiger partial charge on any atom is 0.498 e. The van der Waals surface area contributed by atoms with Gasteiger partial charge in [-0.15, -0.1) is 0 Å². The van der Waals surface area contributed by atoms with E-state index in [1.807, 2.05) is 33.8 Å². The second-order valence-electron chi connectivity index (χ2n) is 7.16. The molecule has 1 aliphatic heterocycles. The van der Waals surface area contributed by atoms with Gasteiger partial charge in [-0.3, -0.25) is 0 Å². The van der Waals surface area contributed by atoms with Crippen LogP contribution in [0.15, 0.2) is 18.2 Å². The van der Waals surface area contributed by atoms with Gasteiger partial charge in [0.25, 0.3) is 0 Å². The predicted molar refractivity (Wildman–Crippen MR) is 87.2 cm³/mol. The molecule has 0 saturated carbocycles. The van der Waals surface area contributed by atoms with Gasteiger partial charge in [0, 0.05) is 5.46 Å². The molecule has 22 heavy (non-hydrogen) atoms.